The van der Waals surface area contributed by atoms with E-state index < -0.39 is 17.2 Å². The van der Waals surface area contributed by atoms with Crippen molar-refractivity contribution >= 4 is 57.7 Å². The molecule has 0 spiro atoms. The molecule has 0 atom stereocenters. The van der Waals surface area contributed by atoms with E-state index in [0.29, 0.717) is 15.7 Å². The first-order valence-corrected chi connectivity index (χ1v) is 6.32. The number of anilines is 1. The van der Waals surface area contributed by atoms with Crippen LogP contribution < -0.4 is 5.32 Å². The molecule has 0 heterocycles. The maximum absolute atomic E-state index is 11.4. The fourth-order valence-electron chi connectivity index (χ4n) is 1.07. The summed E-state index contributed by atoms with van der Waals surface area (Å²) in [5.41, 5.74) is 0.317. The van der Waals surface area contributed by atoms with Gasteiger partial charge in [0.15, 0.2) is 0 Å². The van der Waals surface area contributed by atoms with E-state index in [0.717, 1.165) is 0 Å². The molecule has 0 fully saturated rings. The molecular formula is C11H10Cl3N3O3. The van der Waals surface area contributed by atoms with Crippen LogP contribution in [0.4, 0.5) is 10.5 Å². The molecule has 9 heteroatoms. The number of oxime groups is 1. The monoisotopic (exact) mass is 337 g/mol. The Kier molecular flexibility index (Phi) is 6.06. The van der Waals surface area contributed by atoms with Gasteiger partial charge in [-0.15, -0.1) is 0 Å². The normalized spacial score (nSPS) is 10.9. The third-order valence-electron chi connectivity index (χ3n) is 1.90. The molecule has 0 saturated carbocycles. The van der Waals surface area contributed by atoms with Crippen molar-refractivity contribution in [3.63, 3.8) is 0 Å². The molecule has 0 aliphatic heterocycles. The molecule has 0 aromatic heterocycles. The number of nitrogens with one attached hydrogen (secondary N) is 1. The summed E-state index contributed by atoms with van der Waals surface area (Å²) < 4.78 is 0. The van der Waals surface area contributed by atoms with Crippen LogP contribution >= 0.6 is 34.8 Å². The number of hydrogen-bond acceptors (Lipinski definition) is 4. The number of rotatable bonds is 3. The summed E-state index contributed by atoms with van der Waals surface area (Å²) in [7, 11) is 2.96. The molecule has 1 aromatic carbocycles. The van der Waals surface area contributed by atoms with Crippen molar-refractivity contribution < 1.29 is 14.4 Å². The highest BCUT2D eigenvalue weighted by Gasteiger charge is 2.13. The summed E-state index contributed by atoms with van der Waals surface area (Å²) >= 11 is 17.1. The highest BCUT2D eigenvalue weighted by atomic mass is 35.5. The van der Waals surface area contributed by atoms with Gasteiger partial charge in [0.05, 0.1) is 0 Å². The van der Waals surface area contributed by atoms with E-state index in [4.69, 9.17) is 34.8 Å². The predicted octanol–water partition coefficient (Wildman–Crippen LogP) is 3.18. The Morgan fingerprint density at radius 3 is 2.25 bits per heavy atom. The van der Waals surface area contributed by atoms with Crippen molar-refractivity contribution in [3.8, 4) is 0 Å². The quantitative estimate of drug-likeness (QED) is 0.523. The number of benzene rings is 1. The van der Waals surface area contributed by atoms with E-state index in [1.165, 1.54) is 37.2 Å². The Bertz CT molecular complexity index is 541. The minimum Gasteiger partial charge on any atom is -0.343 e. The first kappa shape index (κ1) is 16.6. The van der Waals surface area contributed by atoms with Crippen LogP contribution in [0.3, 0.4) is 0 Å². The average Bonchev–Trinajstić information content (AvgIpc) is 2.33. The van der Waals surface area contributed by atoms with Crippen LogP contribution in [0, 0.1) is 0 Å². The number of halogens is 3. The van der Waals surface area contributed by atoms with Gasteiger partial charge in [-0.05, 0) is 18.2 Å². The van der Waals surface area contributed by atoms with Crippen LogP contribution in [0.5, 0.6) is 0 Å². The molecular weight excluding hydrogens is 328 g/mol. The van der Waals surface area contributed by atoms with E-state index >= 15 is 0 Å². The van der Waals surface area contributed by atoms with Crippen molar-refractivity contribution in [1.82, 2.24) is 4.90 Å². The number of nitrogens with zero attached hydrogens (tertiary/aromatic N) is 2. The van der Waals surface area contributed by atoms with Gasteiger partial charge >= 0.3 is 6.09 Å². The van der Waals surface area contributed by atoms with E-state index in [2.05, 4.69) is 15.3 Å². The third-order valence-corrected chi connectivity index (χ3v) is 2.57. The van der Waals surface area contributed by atoms with Crippen LogP contribution in [-0.4, -0.2) is 36.2 Å². The topological polar surface area (TPSA) is 71.0 Å². The van der Waals surface area contributed by atoms with Gasteiger partial charge in [0.1, 0.15) is 0 Å². The Morgan fingerprint density at radius 1 is 1.20 bits per heavy atom. The van der Waals surface area contributed by atoms with Gasteiger partial charge in [-0.1, -0.05) is 40.0 Å². The highest BCUT2D eigenvalue weighted by Crippen LogP contribution is 2.22. The van der Waals surface area contributed by atoms with Crippen molar-refractivity contribution in [1.29, 1.82) is 0 Å². The molecule has 6 nitrogen and oxygen atoms in total. The van der Waals surface area contributed by atoms with Crippen LogP contribution in [0.25, 0.3) is 0 Å². The molecule has 0 unspecified atom stereocenters. The van der Waals surface area contributed by atoms with Gasteiger partial charge in [0.25, 0.3) is 5.91 Å². The summed E-state index contributed by atoms with van der Waals surface area (Å²) in [6.07, 6.45) is -0.937. The second-order valence-corrected chi connectivity index (χ2v) is 4.97. The predicted molar refractivity (Wildman–Crippen MR) is 78.5 cm³/mol. The summed E-state index contributed by atoms with van der Waals surface area (Å²) in [5, 5.41) is 5.74. The Labute approximate surface area is 130 Å². The number of amides is 2. The molecule has 108 valence electrons. The van der Waals surface area contributed by atoms with E-state index in [1.54, 1.807) is 0 Å². The van der Waals surface area contributed by atoms with Crippen molar-refractivity contribution in [2.45, 2.75) is 0 Å². The SMILES string of the molecule is CN(C)C(=O)C(Cl)=NOC(=O)Nc1cc(Cl)cc(Cl)c1. The average molecular weight is 339 g/mol. The lowest BCUT2D eigenvalue weighted by molar-refractivity contribution is -0.121. The lowest BCUT2D eigenvalue weighted by Gasteiger charge is -2.07. The second-order valence-electron chi connectivity index (χ2n) is 3.74. The Morgan fingerprint density at radius 2 is 1.75 bits per heavy atom. The van der Waals surface area contributed by atoms with Gasteiger partial charge in [-0.3, -0.25) is 14.9 Å². The minimum atomic E-state index is -0.937. The summed E-state index contributed by atoms with van der Waals surface area (Å²) in [6, 6.07) is 4.43. The van der Waals surface area contributed by atoms with Crippen molar-refractivity contribution in [2.24, 2.45) is 5.16 Å². The maximum Gasteiger partial charge on any atom is 0.437 e. The zero-order valence-electron chi connectivity index (χ0n) is 10.5. The van der Waals surface area contributed by atoms with E-state index in [1.807, 2.05) is 0 Å². The van der Waals surface area contributed by atoms with E-state index in [9.17, 15) is 9.59 Å². The van der Waals surface area contributed by atoms with E-state index in [-0.39, 0.29) is 0 Å². The van der Waals surface area contributed by atoms with Crippen molar-refractivity contribution in [2.75, 3.05) is 19.4 Å². The Hall–Kier alpha value is -1.50. The molecule has 0 bridgehead atoms. The molecule has 0 radical (unpaired) electrons. The molecule has 1 rings (SSSR count). The molecule has 1 aromatic rings. The fraction of sp³-hybridized carbons (Fsp3) is 0.182. The molecule has 2 amide bonds. The lowest BCUT2D eigenvalue weighted by atomic mass is 10.3. The summed E-state index contributed by atoms with van der Waals surface area (Å²) in [6.45, 7) is 0. The first-order chi connectivity index (χ1) is 9.29. The molecule has 0 saturated heterocycles. The molecule has 0 aliphatic rings. The zero-order valence-corrected chi connectivity index (χ0v) is 12.8. The van der Waals surface area contributed by atoms with Crippen LogP contribution in [0.1, 0.15) is 0 Å². The highest BCUT2D eigenvalue weighted by molar-refractivity contribution is 6.82. The fourth-order valence-corrected chi connectivity index (χ4v) is 1.80. The third kappa shape index (κ3) is 5.24. The van der Waals surface area contributed by atoms with Crippen LogP contribution in [0.2, 0.25) is 10.0 Å². The first-order valence-electron chi connectivity index (χ1n) is 5.19. The van der Waals surface area contributed by atoms with Gasteiger partial charge in [0.2, 0.25) is 5.17 Å². The summed E-state index contributed by atoms with van der Waals surface area (Å²) in [4.78, 5) is 28.4. The van der Waals surface area contributed by atoms with Crippen molar-refractivity contribution in [3.05, 3.63) is 28.2 Å². The van der Waals surface area contributed by atoms with Crippen LogP contribution in [-0.2, 0) is 9.63 Å². The maximum atomic E-state index is 11.4. The van der Waals surface area contributed by atoms with Gasteiger partial charge in [-0.2, -0.15) is 0 Å². The molecule has 0 aliphatic carbocycles. The molecule has 20 heavy (non-hydrogen) atoms. The van der Waals surface area contributed by atoms with Crippen LogP contribution in [0.15, 0.2) is 23.4 Å². The molecule has 1 N–H and O–H groups in total. The smallest absolute Gasteiger partial charge is 0.343 e. The largest absolute Gasteiger partial charge is 0.437 e. The lowest BCUT2D eigenvalue weighted by Crippen LogP contribution is -2.27. The minimum absolute atomic E-state index is 0.317. The second kappa shape index (κ2) is 7.33. The number of carbonyl (C=O) groups is 2. The zero-order chi connectivity index (χ0) is 15.3. The van der Waals surface area contributed by atoms with Gasteiger partial charge in [-0.25, -0.2) is 4.79 Å². The standard InChI is InChI=1S/C11H10Cl3N3O3/c1-17(2)10(18)9(14)16-20-11(19)15-8-4-6(12)3-7(13)5-8/h3-5H,1-2H3,(H,15,19). The number of carbonyl (C=O) groups excluding carboxylic acids is 2. The van der Waals surface area contributed by atoms with Gasteiger partial charge in [0, 0.05) is 29.8 Å². The Balaban J connectivity index is 2.64. The number of hydrogen-bond donors (Lipinski definition) is 1. The summed E-state index contributed by atoms with van der Waals surface area (Å²) in [5.74, 6) is -0.592. The van der Waals surface area contributed by atoms with Gasteiger partial charge < -0.3 is 4.90 Å².